The Hall–Kier alpha value is -8.20. The summed E-state index contributed by atoms with van der Waals surface area (Å²) in [7, 11) is 0. The van der Waals surface area contributed by atoms with Crippen molar-refractivity contribution in [3.05, 3.63) is 276 Å². The van der Waals surface area contributed by atoms with Crippen LogP contribution in [0.25, 0.3) is 44.5 Å². The first-order chi connectivity index (χ1) is 32.5. The van der Waals surface area contributed by atoms with Crippen LogP contribution in [0, 0.1) is 0 Å². The monoisotopic (exact) mass is 842 g/mol. The third-order valence-electron chi connectivity index (χ3n) is 14.6. The van der Waals surface area contributed by atoms with Crippen molar-refractivity contribution in [3.63, 3.8) is 0 Å². The molecule has 312 valence electrons. The summed E-state index contributed by atoms with van der Waals surface area (Å²) >= 11 is 0. The average Bonchev–Trinajstić information content (AvgIpc) is 3.81. The Morgan fingerprint density at radius 1 is 0.333 bits per heavy atom. The molecule has 0 saturated heterocycles. The third-order valence-corrected chi connectivity index (χ3v) is 14.6. The molecule has 10 aromatic rings. The van der Waals surface area contributed by atoms with Gasteiger partial charge in [-0.1, -0.05) is 202 Å². The molecular formula is C64H46N2. The van der Waals surface area contributed by atoms with E-state index in [0.29, 0.717) is 0 Å². The summed E-state index contributed by atoms with van der Waals surface area (Å²) in [6.07, 6.45) is 0. The van der Waals surface area contributed by atoms with E-state index in [1.54, 1.807) is 0 Å². The Morgan fingerprint density at radius 3 is 1.55 bits per heavy atom. The number of hydrogen-bond acceptors (Lipinski definition) is 2. The van der Waals surface area contributed by atoms with Gasteiger partial charge in [-0.3, -0.25) is 0 Å². The molecule has 0 aromatic heterocycles. The number of benzene rings is 10. The van der Waals surface area contributed by atoms with E-state index in [9.17, 15) is 0 Å². The van der Waals surface area contributed by atoms with Crippen molar-refractivity contribution in [2.45, 2.75) is 24.7 Å². The molecule has 0 fully saturated rings. The largest absolute Gasteiger partial charge is 0.310 e. The molecule has 2 nitrogen and oxygen atoms in total. The van der Waals surface area contributed by atoms with Crippen molar-refractivity contribution in [2.24, 2.45) is 0 Å². The maximum Gasteiger partial charge on any atom is 0.0774 e. The maximum absolute atomic E-state index is 2.59. The van der Waals surface area contributed by atoms with Gasteiger partial charge in [0.25, 0.3) is 0 Å². The predicted octanol–water partition coefficient (Wildman–Crippen LogP) is 16.9. The van der Waals surface area contributed by atoms with Crippen molar-refractivity contribution in [3.8, 4) is 44.5 Å². The van der Waals surface area contributed by atoms with Crippen LogP contribution in [0.15, 0.2) is 243 Å². The molecule has 1 heterocycles. The molecule has 2 aliphatic carbocycles. The predicted molar refractivity (Wildman–Crippen MR) is 275 cm³/mol. The molecular weight excluding hydrogens is 797 g/mol. The molecule has 0 bridgehead atoms. The molecule has 0 N–H and O–H groups in total. The fourth-order valence-electron chi connectivity index (χ4n) is 11.8. The molecule has 1 spiro atoms. The van der Waals surface area contributed by atoms with Crippen LogP contribution < -0.4 is 9.80 Å². The lowest BCUT2D eigenvalue weighted by Gasteiger charge is -2.46. The van der Waals surface area contributed by atoms with Crippen LogP contribution in [0.2, 0.25) is 0 Å². The number of anilines is 6. The summed E-state index contributed by atoms with van der Waals surface area (Å²) in [5.41, 5.74) is 23.7. The van der Waals surface area contributed by atoms with Crippen LogP contribution in [0.3, 0.4) is 0 Å². The first kappa shape index (κ1) is 38.3. The van der Waals surface area contributed by atoms with Gasteiger partial charge in [0.15, 0.2) is 0 Å². The molecule has 13 rings (SSSR count). The second-order valence-corrected chi connectivity index (χ2v) is 18.4. The minimum atomic E-state index is -0.664. The molecule has 0 amide bonds. The highest BCUT2D eigenvalue weighted by atomic mass is 15.2. The van der Waals surface area contributed by atoms with Crippen LogP contribution in [-0.4, -0.2) is 0 Å². The fourth-order valence-corrected chi connectivity index (χ4v) is 11.8. The number of nitrogens with zero attached hydrogens (tertiary/aromatic N) is 2. The van der Waals surface area contributed by atoms with E-state index in [1.807, 2.05) is 0 Å². The van der Waals surface area contributed by atoms with E-state index in [4.69, 9.17) is 0 Å². The highest BCUT2D eigenvalue weighted by molar-refractivity contribution is 6.02. The first-order valence-corrected chi connectivity index (χ1v) is 23.1. The highest BCUT2D eigenvalue weighted by Gasteiger charge is 2.53. The normalized spacial score (nSPS) is 14.1. The number of fused-ring (bicyclic) bond motifs is 12. The SMILES string of the molecule is CC1(C)c2ccccc2-c2ccc(N(c3ccc(-c4ccccc4)cc3-c3ccccc3)c3cccc4c3C3(c5ccccc5-4)c4ccccc4N(c4ccccc4)c4ccccc43)cc21. The van der Waals surface area contributed by atoms with Gasteiger partial charge in [-0.2, -0.15) is 0 Å². The van der Waals surface area contributed by atoms with Crippen LogP contribution >= 0.6 is 0 Å². The molecule has 1 aliphatic heterocycles. The summed E-state index contributed by atoms with van der Waals surface area (Å²) < 4.78 is 0. The van der Waals surface area contributed by atoms with Gasteiger partial charge in [-0.15, -0.1) is 0 Å². The van der Waals surface area contributed by atoms with Crippen molar-refractivity contribution in [2.75, 3.05) is 9.80 Å². The van der Waals surface area contributed by atoms with E-state index in [-0.39, 0.29) is 5.41 Å². The topological polar surface area (TPSA) is 6.48 Å². The summed E-state index contributed by atoms with van der Waals surface area (Å²) in [4.78, 5) is 5.06. The van der Waals surface area contributed by atoms with Gasteiger partial charge < -0.3 is 9.80 Å². The van der Waals surface area contributed by atoms with Crippen molar-refractivity contribution >= 4 is 34.1 Å². The summed E-state index contributed by atoms with van der Waals surface area (Å²) in [6, 6.07) is 90.3. The molecule has 0 unspecified atom stereocenters. The van der Waals surface area contributed by atoms with E-state index < -0.39 is 5.41 Å². The Morgan fingerprint density at radius 2 is 0.864 bits per heavy atom. The Balaban J connectivity index is 1.15. The smallest absolute Gasteiger partial charge is 0.0774 e. The zero-order chi connectivity index (χ0) is 44.0. The molecule has 0 radical (unpaired) electrons. The number of para-hydroxylation sites is 3. The molecule has 3 aliphatic rings. The summed E-state index contributed by atoms with van der Waals surface area (Å²) in [5, 5.41) is 0. The van der Waals surface area contributed by atoms with E-state index in [2.05, 4.69) is 266 Å². The van der Waals surface area contributed by atoms with Crippen LogP contribution in [0.5, 0.6) is 0 Å². The highest BCUT2D eigenvalue weighted by Crippen LogP contribution is 2.66. The standard InChI is InChI=1S/C64H46N2/c1-63(2)53-30-14-12-27-48(53)50-39-38-47(42-57(50)63)66(58-40-37-45(43-21-6-3-7-22-43)41-52(58)44-23-8-4-9-24-44)61-36-20-29-51-49-28-13-15-31-54(49)64(62(51)61)55-32-16-18-34-59(55)65(46-25-10-5-11-26-46)60-35-19-17-33-56(60)64/h3-42H,1-2H3. The Kier molecular flexibility index (Phi) is 8.51. The van der Waals surface area contributed by atoms with Gasteiger partial charge in [-0.05, 0) is 121 Å². The second kappa shape index (κ2) is 14.7. The zero-order valence-corrected chi connectivity index (χ0v) is 37.0. The van der Waals surface area contributed by atoms with Crippen molar-refractivity contribution < 1.29 is 0 Å². The maximum atomic E-state index is 2.59. The summed E-state index contributed by atoms with van der Waals surface area (Å²) in [6.45, 7) is 4.77. The first-order valence-electron chi connectivity index (χ1n) is 23.1. The molecule has 10 aromatic carbocycles. The minimum Gasteiger partial charge on any atom is -0.310 e. The molecule has 0 saturated carbocycles. The van der Waals surface area contributed by atoms with Crippen molar-refractivity contribution in [1.82, 2.24) is 0 Å². The van der Waals surface area contributed by atoms with E-state index >= 15 is 0 Å². The van der Waals surface area contributed by atoms with Gasteiger partial charge >= 0.3 is 0 Å². The van der Waals surface area contributed by atoms with Gasteiger partial charge in [0.2, 0.25) is 0 Å². The van der Waals surface area contributed by atoms with Crippen molar-refractivity contribution in [1.29, 1.82) is 0 Å². The minimum absolute atomic E-state index is 0.189. The van der Waals surface area contributed by atoms with Crippen LogP contribution in [0.1, 0.15) is 47.2 Å². The average molecular weight is 843 g/mol. The Bertz CT molecular complexity index is 3470. The van der Waals surface area contributed by atoms with Gasteiger partial charge in [0.05, 0.1) is 28.2 Å². The zero-order valence-electron chi connectivity index (χ0n) is 37.0. The van der Waals surface area contributed by atoms with Gasteiger partial charge in [0.1, 0.15) is 0 Å². The lowest BCUT2D eigenvalue weighted by molar-refractivity contribution is 0.660. The molecule has 2 heteroatoms. The fraction of sp³-hybridized carbons (Fsp3) is 0.0625. The third kappa shape index (κ3) is 5.42. The van der Waals surface area contributed by atoms with Gasteiger partial charge in [0, 0.05) is 27.9 Å². The van der Waals surface area contributed by atoms with E-state index in [1.165, 1.54) is 89.3 Å². The second-order valence-electron chi connectivity index (χ2n) is 18.4. The molecule has 66 heavy (non-hydrogen) atoms. The summed E-state index contributed by atoms with van der Waals surface area (Å²) in [5.74, 6) is 0. The molecule has 0 atom stereocenters. The quantitative estimate of drug-likeness (QED) is 0.165. The van der Waals surface area contributed by atoms with Gasteiger partial charge in [-0.25, -0.2) is 0 Å². The van der Waals surface area contributed by atoms with Crippen LogP contribution in [-0.2, 0) is 10.8 Å². The number of rotatable bonds is 6. The van der Waals surface area contributed by atoms with Crippen LogP contribution in [0.4, 0.5) is 34.1 Å². The Labute approximate surface area is 387 Å². The number of hydrogen-bond donors (Lipinski definition) is 0. The lowest BCUT2D eigenvalue weighted by atomic mass is 9.64. The van der Waals surface area contributed by atoms with E-state index in [0.717, 1.165) is 22.7 Å². The lowest BCUT2D eigenvalue weighted by Crippen LogP contribution is -2.37.